The predicted molar refractivity (Wildman–Crippen MR) is 68.9 cm³/mol. The van der Waals surface area contributed by atoms with Crippen molar-refractivity contribution < 1.29 is 0 Å². The molecule has 1 aliphatic heterocycles. The molecule has 0 N–H and O–H groups in total. The second-order valence-corrected chi connectivity index (χ2v) is 4.52. The van der Waals surface area contributed by atoms with Crippen molar-refractivity contribution in [2.24, 2.45) is 0 Å². The summed E-state index contributed by atoms with van der Waals surface area (Å²) >= 11 is 0. The van der Waals surface area contributed by atoms with Gasteiger partial charge in [-0.3, -0.25) is 0 Å². The Hall–Kier alpha value is -1.31. The molecule has 1 fully saturated rings. The zero-order chi connectivity index (χ0) is 11.4. The Morgan fingerprint density at radius 1 is 1.31 bits per heavy atom. The second kappa shape index (κ2) is 5.15. The molecular weight excluding hydrogens is 196 g/mol. The molecule has 1 aliphatic rings. The summed E-state index contributed by atoms with van der Waals surface area (Å²) in [6.07, 6.45) is 7.90. The van der Waals surface area contributed by atoms with Crippen LogP contribution in [-0.2, 0) is 0 Å². The van der Waals surface area contributed by atoms with E-state index in [-0.39, 0.29) is 0 Å². The van der Waals surface area contributed by atoms with E-state index in [9.17, 15) is 0 Å². The van der Waals surface area contributed by atoms with E-state index in [1.54, 1.807) is 0 Å². The molecule has 0 aromatic carbocycles. The average Bonchev–Trinajstić information content (AvgIpc) is 2.39. The Kier molecular flexibility index (Phi) is 3.60. The van der Waals surface area contributed by atoms with Crippen molar-refractivity contribution in [2.45, 2.75) is 32.1 Å². The van der Waals surface area contributed by atoms with Crippen LogP contribution in [0.1, 0.15) is 37.7 Å². The molecule has 1 atom stereocenters. The Balaban J connectivity index is 2.08. The first kappa shape index (κ1) is 11.2. The van der Waals surface area contributed by atoms with Crippen LogP contribution in [0.2, 0.25) is 0 Å². The van der Waals surface area contributed by atoms with Gasteiger partial charge in [-0.1, -0.05) is 19.1 Å². The van der Waals surface area contributed by atoms with E-state index < -0.39 is 0 Å². The Morgan fingerprint density at radius 2 is 2.06 bits per heavy atom. The van der Waals surface area contributed by atoms with Crippen LogP contribution in [0.3, 0.4) is 0 Å². The first-order valence-electron chi connectivity index (χ1n) is 6.14. The van der Waals surface area contributed by atoms with Crippen molar-refractivity contribution >= 4 is 5.82 Å². The number of anilines is 1. The fraction of sp³-hybridized carbons (Fsp3) is 0.500. The van der Waals surface area contributed by atoms with Crippen LogP contribution in [0.25, 0.3) is 0 Å². The van der Waals surface area contributed by atoms with E-state index in [4.69, 9.17) is 0 Å². The summed E-state index contributed by atoms with van der Waals surface area (Å²) in [6, 6.07) is 4.31. The van der Waals surface area contributed by atoms with Gasteiger partial charge in [0.15, 0.2) is 0 Å². The van der Waals surface area contributed by atoms with Crippen molar-refractivity contribution in [3.63, 3.8) is 0 Å². The Labute approximate surface area is 98.0 Å². The first-order valence-corrected chi connectivity index (χ1v) is 6.14. The number of piperidine rings is 1. The maximum absolute atomic E-state index is 4.55. The molecule has 2 rings (SSSR count). The predicted octanol–water partition coefficient (Wildman–Crippen LogP) is 3.36. The number of pyridine rings is 1. The van der Waals surface area contributed by atoms with E-state index in [0.717, 1.165) is 18.9 Å². The third kappa shape index (κ3) is 2.43. The fourth-order valence-corrected chi connectivity index (χ4v) is 2.11. The lowest BCUT2D eigenvalue weighted by Crippen LogP contribution is -2.30. The molecule has 1 saturated heterocycles. The monoisotopic (exact) mass is 216 g/mol. The maximum Gasteiger partial charge on any atom is 0.128 e. The van der Waals surface area contributed by atoms with E-state index >= 15 is 0 Å². The summed E-state index contributed by atoms with van der Waals surface area (Å²) in [4.78, 5) is 6.93. The highest BCUT2D eigenvalue weighted by Crippen LogP contribution is 2.20. The molecule has 1 aromatic rings. The zero-order valence-electron chi connectivity index (χ0n) is 10.0. The molecule has 2 heteroatoms. The number of aromatic nitrogens is 1. The molecule has 0 bridgehead atoms. The van der Waals surface area contributed by atoms with Crippen molar-refractivity contribution in [1.29, 1.82) is 0 Å². The van der Waals surface area contributed by atoms with Gasteiger partial charge in [-0.15, -0.1) is 6.58 Å². The molecule has 0 saturated carbocycles. The van der Waals surface area contributed by atoms with Crippen LogP contribution >= 0.6 is 0 Å². The van der Waals surface area contributed by atoms with Gasteiger partial charge in [0.25, 0.3) is 0 Å². The van der Waals surface area contributed by atoms with Crippen molar-refractivity contribution in [2.75, 3.05) is 18.0 Å². The van der Waals surface area contributed by atoms with Crippen LogP contribution in [0.4, 0.5) is 5.82 Å². The molecule has 1 unspecified atom stereocenters. The fourth-order valence-electron chi connectivity index (χ4n) is 2.11. The molecule has 0 radical (unpaired) electrons. The van der Waals surface area contributed by atoms with Crippen molar-refractivity contribution in [1.82, 2.24) is 4.98 Å². The molecule has 86 valence electrons. The van der Waals surface area contributed by atoms with Gasteiger partial charge < -0.3 is 4.90 Å². The van der Waals surface area contributed by atoms with Crippen LogP contribution in [0.15, 0.2) is 31.0 Å². The summed E-state index contributed by atoms with van der Waals surface area (Å²) < 4.78 is 0. The van der Waals surface area contributed by atoms with E-state index in [0.29, 0.717) is 5.92 Å². The Morgan fingerprint density at radius 3 is 2.62 bits per heavy atom. The smallest absolute Gasteiger partial charge is 0.128 e. The summed E-state index contributed by atoms with van der Waals surface area (Å²) in [5, 5.41) is 0. The standard InChI is InChI=1S/C14H20N2/c1-3-12(2)13-7-8-14(15-11-13)16-9-5-4-6-10-16/h3,7-8,11-12H,1,4-6,9-10H2,2H3. The van der Waals surface area contributed by atoms with Gasteiger partial charge in [-0.05, 0) is 30.9 Å². The van der Waals surface area contributed by atoms with E-state index in [1.165, 1.54) is 24.8 Å². The van der Waals surface area contributed by atoms with Gasteiger partial charge >= 0.3 is 0 Å². The molecule has 0 amide bonds. The minimum Gasteiger partial charge on any atom is -0.357 e. The van der Waals surface area contributed by atoms with Gasteiger partial charge in [0, 0.05) is 25.2 Å². The topological polar surface area (TPSA) is 16.1 Å². The second-order valence-electron chi connectivity index (χ2n) is 4.52. The number of allylic oxidation sites excluding steroid dienone is 1. The maximum atomic E-state index is 4.55. The van der Waals surface area contributed by atoms with Gasteiger partial charge in [0.05, 0.1) is 0 Å². The third-order valence-corrected chi connectivity index (χ3v) is 3.33. The summed E-state index contributed by atoms with van der Waals surface area (Å²) in [5.74, 6) is 1.52. The van der Waals surface area contributed by atoms with Gasteiger partial charge in [0.2, 0.25) is 0 Å². The lowest BCUT2D eigenvalue weighted by Gasteiger charge is -2.27. The summed E-state index contributed by atoms with van der Waals surface area (Å²) in [7, 11) is 0. The quantitative estimate of drug-likeness (QED) is 0.720. The number of hydrogen-bond acceptors (Lipinski definition) is 2. The molecule has 2 heterocycles. The largest absolute Gasteiger partial charge is 0.357 e. The highest BCUT2D eigenvalue weighted by Gasteiger charge is 2.12. The number of nitrogens with zero attached hydrogens (tertiary/aromatic N) is 2. The third-order valence-electron chi connectivity index (χ3n) is 3.33. The zero-order valence-corrected chi connectivity index (χ0v) is 10.0. The molecule has 1 aromatic heterocycles. The Bertz CT molecular complexity index is 336. The van der Waals surface area contributed by atoms with Gasteiger partial charge in [-0.25, -0.2) is 4.98 Å². The summed E-state index contributed by atoms with van der Waals surface area (Å²) in [5.41, 5.74) is 1.25. The minimum absolute atomic E-state index is 0.392. The van der Waals surface area contributed by atoms with Crippen LogP contribution < -0.4 is 4.90 Å². The SMILES string of the molecule is C=CC(C)c1ccc(N2CCCCC2)nc1. The molecular formula is C14H20N2. The highest BCUT2D eigenvalue weighted by atomic mass is 15.2. The minimum atomic E-state index is 0.392. The van der Waals surface area contributed by atoms with Gasteiger partial charge in [0.1, 0.15) is 5.82 Å². The first-order chi connectivity index (χ1) is 7.81. The molecule has 2 nitrogen and oxygen atoms in total. The van der Waals surface area contributed by atoms with Crippen molar-refractivity contribution in [3.05, 3.63) is 36.5 Å². The lowest BCUT2D eigenvalue weighted by molar-refractivity contribution is 0.573. The lowest BCUT2D eigenvalue weighted by atomic mass is 10.0. The molecule has 0 spiro atoms. The van der Waals surface area contributed by atoms with Gasteiger partial charge in [-0.2, -0.15) is 0 Å². The van der Waals surface area contributed by atoms with Crippen molar-refractivity contribution in [3.8, 4) is 0 Å². The highest BCUT2D eigenvalue weighted by molar-refractivity contribution is 5.40. The summed E-state index contributed by atoms with van der Waals surface area (Å²) in [6.45, 7) is 8.27. The van der Waals surface area contributed by atoms with E-state index in [1.807, 2.05) is 12.3 Å². The van der Waals surface area contributed by atoms with E-state index in [2.05, 4.69) is 35.5 Å². The normalized spacial score (nSPS) is 18.2. The average molecular weight is 216 g/mol. The van der Waals surface area contributed by atoms with Crippen LogP contribution in [-0.4, -0.2) is 18.1 Å². The van der Waals surface area contributed by atoms with Crippen LogP contribution in [0, 0.1) is 0 Å². The number of rotatable bonds is 3. The molecule has 16 heavy (non-hydrogen) atoms. The molecule has 0 aliphatic carbocycles. The number of hydrogen-bond donors (Lipinski definition) is 0. The van der Waals surface area contributed by atoms with Crippen LogP contribution in [0.5, 0.6) is 0 Å².